The number of aliphatic carboxylic acids is 1. The Labute approximate surface area is 367 Å². The molecule has 8 rings (SSSR count). The van der Waals surface area contributed by atoms with Crippen LogP contribution in [-0.2, 0) is 19.1 Å². The van der Waals surface area contributed by atoms with E-state index in [1.807, 2.05) is 0 Å². The van der Waals surface area contributed by atoms with Gasteiger partial charge < -0.3 is 24.8 Å². The predicted molar refractivity (Wildman–Crippen MR) is 245 cm³/mol. The second kappa shape index (κ2) is 15.9. The number of esters is 1. The monoisotopic (exact) mass is 858 g/mol. The third-order valence-electron chi connectivity index (χ3n) is 19.2. The van der Waals surface area contributed by atoms with Gasteiger partial charge in [0.05, 0.1) is 7.11 Å². The molecular formula is C51H75N3O6S. The van der Waals surface area contributed by atoms with Crippen molar-refractivity contribution in [2.45, 2.75) is 124 Å². The van der Waals surface area contributed by atoms with Gasteiger partial charge in [-0.15, -0.1) is 0 Å². The molecule has 61 heavy (non-hydrogen) atoms. The van der Waals surface area contributed by atoms with Crippen LogP contribution in [0, 0.1) is 56.7 Å². The summed E-state index contributed by atoms with van der Waals surface area (Å²) in [5.41, 5.74) is 4.00. The summed E-state index contributed by atoms with van der Waals surface area (Å²) in [7, 11) is -0.577. The molecule has 7 aliphatic rings. The average molecular weight is 858 g/mol. The van der Waals surface area contributed by atoms with Gasteiger partial charge >= 0.3 is 11.9 Å². The molecule has 10 atom stereocenters. The van der Waals surface area contributed by atoms with Crippen molar-refractivity contribution in [2.75, 3.05) is 51.4 Å². The number of fused-ring (bicyclic) bond motifs is 7. The Hall–Kier alpha value is -2.95. The Balaban J connectivity index is 1.00. The first kappa shape index (κ1) is 44.6. The Morgan fingerprint density at radius 2 is 1.72 bits per heavy atom. The predicted octanol–water partition coefficient (Wildman–Crippen LogP) is 9.00. The topological polar surface area (TPSA) is 118 Å². The molecule has 0 aromatic carbocycles. The summed E-state index contributed by atoms with van der Waals surface area (Å²) in [4.78, 5) is 32.0. The Kier molecular flexibility index (Phi) is 11.7. The van der Waals surface area contributed by atoms with Crippen LogP contribution in [0.25, 0.3) is 0 Å². The van der Waals surface area contributed by atoms with E-state index < -0.39 is 26.9 Å². The standard InChI is InChI=1S/C51H75N3O6S/c1-34(2)36-16-23-51(53-27-28-54-29-31-61(9,58)32-30-54)25-24-48(6)39(42(36)51)12-13-41-47(5)19-17-38(46(3,4)40(47)18-20-49(41,48)7)35-14-21-50(22-15-35,45(56)57)33-60-43-37(44(55)59-8)11-10-26-52-43/h10-11,14,17,26,36,39-42,53H,1,9,12-13,15-16,18-25,27-33H2,2-8H3,(H,56,57)/t36-,39+,40-,41+,42+,47-,48+,49+,50-,51-/m0/s1. The van der Waals surface area contributed by atoms with Gasteiger partial charge in [0.2, 0.25) is 5.88 Å². The van der Waals surface area contributed by atoms with E-state index in [0.717, 1.165) is 44.1 Å². The van der Waals surface area contributed by atoms with Crippen molar-refractivity contribution in [3.05, 3.63) is 59.3 Å². The minimum atomic E-state index is -1.89. The molecule has 0 spiro atoms. The summed E-state index contributed by atoms with van der Waals surface area (Å²) in [6.07, 6.45) is 18.9. The van der Waals surface area contributed by atoms with Crippen LogP contribution in [0.1, 0.15) is 129 Å². The van der Waals surface area contributed by atoms with Crippen LogP contribution in [0.2, 0.25) is 0 Å². The number of carboxylic acid groups (broad SMARTS) is 1. The number of rotatable bonds is 11. The molecule has 9 nitrogen and oxygen atoms in total. The van der Waals surface area contributed by atoms with Gasteiger partial charge in [0, 0.05) is 49.4 Å². The van der Waals surface area contributed by atoms with E-state index in [0.29, 0.717) is 48.9 Å². The summed E-state index contributed by atoms with van der Waals surface area (Å²) in [6.45, 7) is 23.7. The maximum absolute atomic E-state index is 12.9. The number of aromatic nitrogens is 1. The fraction of sp³-hybridized carbons (Fsp3) is 0.725. The first-order valence-corrected chi connectivity index (χ1v) is 25.6. The molecule has 4 saturated carbocycles. The van der Waals surface area contributed by atoms with E-state index in [1.165, 1.54) is 81.4 Å². The van der Waals surface area contributed by atoms with E-state index in [1.54, 1.807) is 12.1 Å². The van der Waals surface area contributed by atoms with Crippen molar-refractivity contribution in [1.29, 1.82) is 0 Å². The van der Waals surface area contributed by atoms with Crippen LogP contribution in [0.5, 0.6) is 5.88 Å². The maximum atomic E-state index is 12.9. The van der Waals surface area contributed by atoms with Crippen molar-refractivity contribution in [1.82, 2.24) is 15.2 Å². The number of hydrogen-bond donors (Lipinski definition) is 2. The highest BCUT2D eigenvalue weighted by Crippen LogP contribution is 2.76. The normalized spacial score (nSPS) is 40.2. The highest BCUT2D eigenvalue weighted by atomic mass is 32.2. The average Bonchev–Trinajstić information content (AvgIpc) is 3.61. The molecule has 0 unspecified atom stereocenters. The van der Waals surface area contributed by atoms with Crippen LogP contribution in [0.4, 0.5) is 0 Å². The molecule has 1 saturated heterocycles. The zero-order valence-electron chi connectivity index (χ0n) is 38.4. The summed E-state index contributed by atoms with van der Waals surface area (Å²) < 4.78 is 23.5. The van der Waals surface area contributed by atoms with Crippen LogP contribution < -0.4 is 10.1 Å². The minimum absolute atomic E-state index is 0.0400. The highest BCUT2D eigenvalue weighted by molar-refractivity contribution is 8.00. The first-order chi connectivity index (χ1) is 28.8. The van der Waals surface area contributed by atoms with Gasteiger partial charge in [-0.1, -0.05) is 58.9 Å². The molecular weight excluding hydrogens is 783 g/mol. The van der Waals surface area contributed by atoms with Crippen molar-refractivity contribution in [3.63, 3.8) is 0 Å². The molecule has 0 bridgehead atoms. The van der Waals surface area contributed by atoms with Crippen LogP contribution in [-0.4, -0.2) is 93.9 Å². The Morgan fingerprint density at radius 1 is 0.967 bits per heavy atom. The zero-order chi connectivity index (χ0) is 43.8. The maximum Gasteiger partial charge on any atom is 0.343 e. The van der Waals surface area contributed by atoms with Crippen LogP contribution in [0.3, 0.4) is 0 Å². The van der Waals surface area contributed by atoms with Gasteiger partial charge in [-0.3, -0.25) is 9.00 Å². The molecule has 10 heteroatoms. The third-order valence-corrected chi connectivity index (χ3v) is 21.0. The van der Waals surface area contributed by atoms with Crippen molar-refractivity contribution >= 4 is 27.3 Å². The summed E-state index contributed by atoms with van der Waals surface area (Å²) in [5.74, 6) is 7.14. The van der Waals surface area contributed by atoms with Gasteiger partial charge in [0.1, 0.15) is 17.6 Å². The lowest BCUT2D eigenvalue weighted by atomic mass is 9.33. The molecule has 0 radical (unpaired) electrons. The fourth-order valence-electron chi connectivity index (χ4n) is 15.6. The number of allylic oxidation sites excluding steroid dienone is 5. The van der Waals surface area contributed by atoms with Crippen molar-refractivity contribution in [2.24, 2.45) is 56.7 Å². The smallest absolute Gasteiger partial charge is 0.343 e. The molecule has 5 fully saturated rings. The Bertz CT molecular complexity index is 2080. The van der Waals surface area contributed by atoms with Crippen molar-refractivity contribution in [3.8, 4) is 5.88 Å². The van der Waals surface area contributed by atoms with Gasteiger partial charge in [-0.2, -0.15) is 0 Å². The van der Waals surface area contributed by atoms with Gasteiger partial charge in [0.15, 0.2) is 0 Å². The number of nitrogens with zero attached hydrogens (tertiary/aromatic N) is 2. The zero-order valence-corrected chi connectivity index (χ0v) is 39.2. The number of nitrogens with one attached hydrogen (secondary N) is 1. The lowest BCUT2D eigenvalue weighted by Gasteiger charge is -2.72. The molecule has 336 valence electrons. The largest absolute Gasteiger partial charge is 0.481 e. The number of hydrogen-bond acceptors (Lipinski definition) is 8. The summed E-state index contributed by atoms with van der Waals surface area (Å²) in [5, 5.41) is 14.8. The number of carboxylic acids is 1. The second-order valence-corrected chi connectivity index (χ2v) is 24.9. The number of carbonyl (C=O) groups excluding carboxylic acids is 1. The molecule has 1 aromatic heterocycles. The quantitative estimate of drug-likeness (QED) is 0.128. The SMILES string of the molecule is C=C(C)[C@@H]1CC[C@]2(NCCN3CCS(=C)(=O)CC3)CC[C@]3(C)[C@H](CC[C@@H]4[C@@]5(C)CC=C(C6=CC[C@](COc7ncccc7C(=O)OC)(C(=O)O)CC6)C(C)(C)[C@@H]5CC[C@]43C)[C@@H]12. The third kappa shape index (κ3) is 7.29. The molecule has 1 aromatic rings. The lowest BCUT2D eigenvalue weighted by Crippen LogP contribution is -2.68. The lowest BCUT2D eigenvalue weighted by molar-refractivity contribution is -0.221. The highest BCUT2D eigenvalue weighted by Gasteiger charge is 2.70. The van der Waals surface area contributed by atoms with Crippen LogP contribution >= 0.6 is 0 Å². The first-order valence-electron chi connectivity index (χ1n) is 23.5. The number of carbonyl (C=O) groups is 2. The number of methoxy groups -OCH3 is 1. The number of pyridine rings is 1. The van der Waals surface area contributed by atoms with Gasteiger partial charge in [-0.05, 0) is 174 Å². The second-order valence-electron chi connectivity index (χ2n) is 22.2. The van der Waals surface area contributed by atoms with E-state index in [-0.39, 0.29) is 45.2 Å². The number of ether oxygens (including phenoxy) is 2. The van der Waals surface area contributed by atoms with Crippen LogP contribution in [0.15, 0.2) is 53.8 Å². The van der Waals surface area contributed by atoms with Gasteiger partial charge in [0.25, 0.3) is 0 Å². The summed E-state index contributed by atoms with van der Waals surface area (Å²) >= 11 is 0. The van der Waals surface area contributed by atoms with E-state index in [2.05, 4.69) is 81.3 Å². The fourth-order valence-corrected chi connectivity index (χ4v) is 17.0. The van der Waals surface area contributed by atoms with Gasteiger partial charge in [-0.25, -0.2) is 9.78 Å². The molecule has 2 heterocycles. The summed E-state index contributed by atoms with van der Waals surface area (Å²) in [6, 6.07) is 3.23. The molecule has 1 aliphatic heterocycles. The van der Waals surface area contributed by atoms with E-state index >= 15 is 0 Å². The van der Waals surface area contributed by atoms with Crippen molar-refractivity contribution < 1.29 is 28.4 Å². The van der Waals surface area contributed by atoms with E-state index in [4.69, 9.17) is 9.47 Å². The van der Waals surface area contributed by atoms with E-state index in [9.17, 15) is 18.9 Å². The molecule has 0 amide bonds. The molecule has 2 N–H and O–H groups in total. The Morgan fingerprint density at radius 3 is 2.39 bits per heavy atom. The molecule has 6 aliphatic carbocycles. The minimum Gasteiger partial charge on any atom is -0.481 e.